The number of hydrogen-bond acceptors (Lipinski definition) is 3. The maximum absolute atomic E-state index is 8.90. The highest BCUT2D eigenvalue weighted by atomic mass is 35.5. The zero-order valence-corrected chi connectivity index (χ0v) is 10.1. The Kier molecular flexibility index (Phi) is 4.77. The van der Waals surface area contributed by atoms with Gasteiger partial charge in [-0.2, -0.15) is 5.26 Å². The molecule has 0 bridgehead atoms. The first-order valence-corrected chi connectivity index (χ1v) is 5.01. The maximum atomic E-state index is 8.90. The minimum absolute atomic E-state index is 0.287. The minimum atomic E-state index is 0.287. The van der Waals surface area contributed by atoms with Crippen molar-refractivity contribution in [3.63, 3.8) is 0 Å². The largest absolute Gasteiger partial charge is 0.406 e. The molecule has 0 aromatic heterocycles. The second-order valence-corrected chi connectivity index (χ2v) is 3.21. The lowest BCUT2D eigenvalue weighted by Gasteiger charge is -2.05. The zero-order valence-electron chi connectivity index (χ0n) is 9.30. The molecule has 1 rings (SSSR count). The Morgan fingerprint density at radius 2 is 1.65 bits per heavy atom. The van der Waals surface area contributed by atoms with Crippen LogP contribution in [-0.4, -0.2) is 0 Å². The topological polar surface area (TPSA) is 42.2 Å². The lowest BCUT2D eigenvalue weighted by Crippen LogP contribution is -1.91. The molecule has 0 aliphatic carbocycles. The van der Waals surface area contributed by atoms with E-state index in [9.17, 15) is 0 Å². The van der Waals surface area contributed by atoms with Gasteiger partial charge in [0.15, 0.2) is 11.5 Å². The van der Waals surface area contributed by atoms with Gasteiger partial charge < -0.3 is 9.47 Å². The number of ether oxygens (including phenoxy) is 2. The Morgan fingerprint density at radius 3 is 2.18 bits per heavy atom. The molecular weight excluding hydrogens is 238 g/mol. The van der Waals surface area contributed by atoms with E-state index in [0.29, 0.717) is 16.5 Å². The van der Waals surface area contributed by atoms with Crippen LogP contribution in [0.5, 0.6) is 11.5 Å². The SMILES string of the molecule is CC#COc1cc(OC#CC)c(C#N)cc1Cl. The van der Waals surface area contributed by atoms with Gasteiger partial charge in [0.2, 0.25) is 0 Å². The van der Waals surface area contributed by atoms with Gasteiger partial charge in [0.05, 0.1) is 10.6 Å². The molecule has 0 amide bonds. The molecule has 0 atom stereocenters. The third-order valence-corrected chi connectivity index (χ3v) is 1.98. The van der Waals surface area contributed by atoms with Gasteiger partial charge in [0.25, 0.3) is 0 Å². The van der Waals surface area contributed by atoms with Crippen LogP contribution >= 0.6 is 11.6 Å². The highest BCUT2D eigenvalue weighted by molar-refractivity contribution is 6.32. The molecule has 0 spiro atoms. The van der Waals surface area contributed by atoms with Gasteiger partial charge >= 0.3 is 0 Å². The van der Waals surface area contributed by atoms with Crippen molar-refractivity contribution in [2.45, 2.75) is 13.8 Å². The summed E-state index contributed by atoms with van der Waals surface area (Å²) in [6.45, 7) is 3.26. The molecule has 0 aliphatic heterocycles. The molecule has 0 unspecified atom stereocenters. The molecule has 1 aromatic carbocycles. The van der Waals surface area contributed by atoms with Crippen molar-refractivity contribution in [2.24, 2.45) is 0 Å². The number of nitriles is 1. The summed E-state index contributed by atoms with van der Waals surface area (Å²) in [5, 5.41) is 9.20. The average Bonchev–Trinajstić information content (AvgIpc) is 2.35. The summed E-state index contributed by atoms with van der Waals surface area (Å²) in [6, 6.07) is 4.89. The Bertz CT molecular complexity index is 580. The van der Waals surface area contributed by atoms with Crippen molar-refractivity contribution in [1.29, 1.82) is 5.26 Å². The van der Waals surface area contributed by atoms with Gasteiger partial charge in [-0.15, -0.1) is 0 Å². The smallest absolute Gasteiger partial charge is 0.162 e. The molecule has 0 radical (unpaired) electrons. The Morgan fingerprint density at radius 1 is 1.06 bits per heavy atom. The normalized spacial score (nSPS) is 7.88. The highest BCUT2D eigenvalue weighted by Gasteiger charge is 2.10. The molecule has 0 saturated heterocycles. The lowest BCUT2D eigenvalue weighted by molar-refractivity contribution is 0.494. The van der Waals surface area contributed by atoms with Crippen molar-refractivity contribution in [2.75, 3.05) is 0 Å². The van der Waals surface area contributed by atoms with Crippen LogP contribution < -0.4 is 9.47 Å². The summed E-state index contributed by atoms with van der Waals surface area (Å²) >= 11 is 5.91. The monoisotopic (exact) mass is 245 g/mol. The van der Waals surface area contributed by atoms with Crippen LogP contribution in [-0.2, 0) is 0 Å². The number of rotatable bonds is 2. The molecule has 0 heterocycles. The zero-order chi connectivity index (χ0) is 12.7. The van der Waals surface area contributed by atoms with E-state index in [0.717, 1.165) is 0 Å². The second-order valence-electron chi connectivity index (χ2n) is 2.80. The predicted molar refractivity (Wildman–Crippen MR) is 64.3 cm³/mol. The van der Waals surface area contributed by atoms with E-state index < -0.39 is 0 Å². The molecule has 0 fully saturated rings. The fraction of sp³-hybridized carbons (Fsp3) is 0.154. The van der Waals surface area contributed by atoms with E-state index in [4.69, 9.17) is 26.3 Å². The molecule has 4 heteroatoms. The van der Waals surface area contributed by atoms with Gasteiger partial charge in [-0.25, -0.2) is 0 Å². The third kappa shape index (κ3) is 3.35. The minimum Gasteiger partial charge on any atom is -0.406 e. The Hall–Kier alpha value is -2.28. The Labute approximate surface area is 105 Å². The molecule has 0 aliphatic rings. The van der Waals surface area contributed by atoms with E-state index in [2.05, 4.69) is 24.1 Å². The quantitative estimate of drug-likeness (QED) is 0.753. The summed E-state index contributed by atoms with van der Waals surface area (Å²) in [6.07, 6.45) is 4.82. The fourth-order valence-electron chi connectivity index (χ4n) is 0.997. The van der Waals surface area contributed by atoms with Crippen molar-refractivity contribution in [3.05, 3.63) is 22.7 Å². The first kappa shape index (κ1) is 12.8. The van der Waals surface area contributed by atoms with Crippen molar-refractivity contribution >= 4 is 11.6 Å². The maximum Gasteiger partial charge on any atom is 0.162 e. The highest BCUT2D eigenvalue weighted by Crippen LogP contribution is 2.32. The van der Waals surface area contributed by atoms with Crippen molar-refractivity contribution in [1.82, 2.24) is 0 Å². The van der Waals surface area contributed by atoms with Gasteiger partial charge in [-0.1, -0.05) is 23.4 Å². The third-order valence-electron chi connectivity index (χ3n) is 1.68. The number of hydrogen-bond donors (Lipinski definition) is 0. The van der Waals surface area contributed by atoms with Crippen LogP contribution in [0.15, 0.2) is 12.1 Å². The summed E-state index contributed by atoms with van der Waals surface area (Å²) < 4.78 is 10.2. The van der Waals surface area contributed by atoms with E-state index in [1.54, 1.807) is 13.8 Å². The molecule has 3 nitrogen and oxygen atoms in total. The van der Waals surface area contributed by atoms with E-state index in [1.807, 2.05) is 6.07 Å². The average molecular weight is 246 g/mol. The van der Waals surface area contributed by atoms with Gasteiger partial charge in [0.1, 0.15) is 18.3 Å². The van der Waals surface area contributed by atoms with Gasteiger partial charge in [0, 0.05) is 19.9 Å². The van der Waals surface area contributed by atoms with Crippen LogP contribution in [0.2, 0.25) is 5.02 Å². The van der Waals surface area contributed by atoms with Crippen LogP contribution in [0.3, 0.4) is 0 Å². The van der Waals surface area contributed by atoms with Crippen molar-refractivity contribution in [3.8, 4) is 41.6 Å². The number of halogens is 1. The molecule has 0 saturated carbocycles. The second kappa shape index (κ2) is 6.33. The summed E-state index contributed by atoms with van der Waals surface area (Å²) in [5.41, 5.74) is 0.287. The lowest BCUT2D eigenvalue weighted by atomic mass is 10.2. The van der Waals surface area contributed by atoms with E-state index >= 15 is 0 Å². The standard InChI is InChI=1S/C13H8ClNO2/c1-3-5-16-12-8-13(17-6-4-2)11(14)7-10(12)9-15/h7-8H,1-2H3. The molecule has 17 heavy (non-hydrogen) atoms. The van der Waals surface area contributed by atoms with Gasteiger partial charge in [-0.3, -0.25) is 0 Å². The molecular formula is C13H8ClNO2. The first-order chi connectivity index (χ1) is 8.22. The molecule has 1 aromatic rings. The summed E-state index contributed by atoms with van der Waals surface area (Å²) in [7, 11) is 0. The van der Waals surface area contributed by atoms with Crippen LogP contribution in [0.4, 0.5) is 0 Å². The summed E-state index contributed by atoms with van der Waals surface area (Å²) in [5.74, 6) is 5.75. The van der Waals surface area contributed by atoms with Crippen LogP contribution in [0.25, 0.3) is 0 Å². The molecule has 84 valence electrons. The van der Waals surface area contributed by atoms with E-state index in [1.165, 1.54) is 12.1 Å². The first-order valence-electron chi connectivity index (χ1n) is 4.63. The van der Waals surface area contributed by atoms with Crippen molar-refractivity contribution < 1.29 is 9.47 Å². The van der Waals surface area contributed by atoms with Crippen LogP contribution in [0.1, 0.15) is 19.4 Å². The van der Waals surface area contributed by atoms with Gasteiger partial charge in [-0.05, 0) is 6.07 Å². The number of nitrogens with zero attached hydrogens (tertiary/aromatic N) is 1. The molecule has 0 N–H and O–H groups in total. The summed E-state index contributed by atoms with van der Waals surface area (Å²) in [4.78, 5) is 0. The van der Waals surface area contributed by atoms with Crippen LogP contribution in [0, 0.1) is 35.4 Å². The number of benzene rings is 1. The Balaban J connectivity index is 3.19. The fourth-order valence-corrected chi connectivity index (χ4v) is 1.20. The predicted octanol–water partition coefficient (Wildman–Crippen LogP) is 2.93. The van der Waals surface area contributed by atoms with E-state index in [-0.39, 0.29) is 5.56 Å².